The number of methoxy groups -OCH3 is 2. The van der Waals surface area contributed by atoms with E-state index in [4.69, 9.17) is 18.9 Å². The van der Waals surface area contributed by atoms with E-state index in [0.717, 1.165) is 12.0 Å². The van der Waals surface area contributed by atoms with Crippen molar-refractivity contribution >= 4 is 23.4 Å². The number of carbonyl (C=O) groups is 4. The van der Waals surface area contributed by atoms with Crippen LogP contribution in [-0.4, -0.2) is 113 Å². The summed E-state index contributed by atoms with van der Waals surface area (Å²) in [6, 6.07) is -1.11. The van der Waals surface area contributed by atoms with Crippen LogP contribution >= 0.6 is 0 Å². The standard InChI is InChI=1S/C44H71NO11/c1-10-31-19-25(3)18-26(4)20-38(54-9)40-32(11-2)22-28(6)44(52,56-40)41(49)42(50)45-17-13-12-14-33(45)43(51)55-39(29(7)35(47)24-36(31)48)27(5)21-30-15-16-34(46)37(23-30)53-8/h19,21,26,28-35,37-40,46-47,52H,10-18,20,22-24H2,1-9H3/b25-19+,27-21+/t26-,28+,29+,30-,31+,32-,33?,34+,35-,37+,38-,39+,40-,44+/m0/s1. The Hall–Kier alpha value is -2.48. The predicted molar refractivity (Wildman–Crippen MR) is 211 cm³/mol. The van der Waals surface area contributed by atoms with Gasteiger partial charge in [-0.2, -0.15) is 0 Å². The van der Waals surface area contributed by atoms with Crippen LogP contribution in [-0.2, 0) is 38.1 Å². The molecule has 1 aliphatic carbocycles. The molecule has 1 unspecified atom stereocenters. The summed E-state index contributed by atoms with van der Waals surface area (Å²) in [5.41, 5.74) is 1.70. The number of cyclic esters (lactones) is 1. The highest BCUT2D eigenvalue weighted by molar-refractivity contribution is 6.39. The third-order valence-corrected chi connectivity index (χ3v) is 13.3. The van der Waals surface area contributed by atoms with Crippen molar-refractivity contribution < 1.29 is 53.4 Å². The molecule has 0 spiro atoms. The largest absolute Gasteiger partial charge is 0.456 e. The third-order valence-electron chi connectivity index (χ3n) is 13.3. The molecule has 0 aromatic carbocycles. The van der Waals surface area contributed by atoms with Crippen LogP contribution in [0.5, 0.6) is 0 Å². The Morgan fingerprint density at radius 2 is 1.62 bits per heavy atom. The number of hydrogen-bond donors (Lipinski definition) is 3. The van der Waals surface area contributed by atoms with Crippen LogP contribution in [0.1, 0.15) is 126 Å². The average Bonchev–Trinajstić information content (AvgIpc) is 3.18. The second-order valence-electron chi connectivity index (χ2n) is 17.5. The summed E-state index contributed by atoms with van der Waals surface area (Å²) in [7, 11) is 3.16. The van der Waals surface area contributed by atoms with Gasteiger partial charge in [-0.05, 0) is 101 Å². The Morgan fingerprint density at radius 1 is 0.929 bits per heavy atom. The van der Waals surface area contributed by atoms with Gasteiger partial charge in [0.25, 0.3) is 11.7 Å². The number of carbonyl (C=O) groups excluding carboxylic acids is 4. The zero-order valence-electron chi connectivity index (χ0n) is 35.4. The minimum Gasteiger partial charge on any atom is -0.456 e. The minimum atomic E-state index is -2.42. The van der Waals surface area contributed by atoms with Crippen LogP contribution in [0.25, 0.3) is 0 Å². The molecule has 3 fully saturated rings. The molecule has 56 heavy (non-hydrogen) atoms. The number of nitrogens with zero attached hydrogens (tertiary/aromatic N) is 1. The summed E-state index contributed by atoms with van der Waals surface area (Å²) >= 11 is 0. The number of aliphatic hydroxyl groups excluding tert-OH is 2. The average molecular weight is 790 g/mol. The van der Waals surface area contributed by atoms with E-state index in [0.29, 0.717) is 63.4 Å². The summed E-state index contributed by atoms with van der Waals surface area (Å²) in [6.07, 6.45) is 5.85. The smallest absolute Gasteiger partial charge is 0.329 e. The second-order valence-corrected chi connectivity index (χ2v) is 17.5. The molecular formula is C44H71NO11. The lowest BCUT2D eigenvalue weighted by Crippen LogP contribution is -2.63. The highest BCUT2D eigenvalue weighted by atomic mass is 16.7. The van der Waals surface area contributed by atoms with E-state index < -0.39 is 77.8 Å². The second kappa shape index (κ2) is 20.5. The van der Waals surface area contributed by atoms with Crippen LogP contribution in [0.3, 0.4) is 0 Å². The predicted octanol–water partition coefficient (Wildman–Crippen LogP) is 5.48. The number of esters is 1. The zero-order valence-corrected chi connectivity index (χ0v) is 35.4. The summed E-state index contributed by atoms with van der Waals surface area (Å²) < 4.78 is 24.2. The van der Waals surface area contributed by atoms with E-state index in [9.17, 15) is 34.5 Å². The maximum absolute atomic E-state index is 14.3. The van der Waals surface area contributed by atoms with E-state index in [-0.39, 0.29) is 49.0 Å². The van der Waals surface area contributed by atoms with Gasteiger partial charge >= 0.3 is 5.97 Å². The number of piperidine rings is 1. The Kier molecular flexibility index (Phi) is 16.9. The Morgan fingerprint density at radius 3 is 2.27 bits per heavy atom. The summed E-state index contributed by atoms with van der Waals surface area (Å²) in [4.78, 5) is 57.8. The maximum atomic E-state index is 14.3. The van der Waals surface area contributed by atoms with Crippen molar-refractivity contribution in [2.75, 3.05) is 20.8 Å². The molecule has 4 rings (SSSR count). The summed E-state index contributed by atoms with van der Waals surface area (Å²) in [5.74, 6) is -7.10. The number of Topliss-reactive ketones (excluding diaryl/α,β-unsaturated/α-hetero) is 2. The molecule has 12 heteroatoms. The number of allylic oxidation sites excluding steroid dienone is 3. The first-order valence-electron chi connectivity index (χ1n) is 21.2. The molecule has 1 saturated carbocycles. The van der Waals surface area contributed by atoms with Gasteiger partial charge in [0, 0.05) is 44.9 Å². The van der Waals surface area contributed by atoms with Gasteiger partial charge in [0.05, 0.1) is 30.5 Å². The van der Waals surface area contributed by atoms with E-state index in [1.807, 2.05) is 39.8 Å². The maximum Gasteiger partial charge on any atom is 0.329 e. The van der Waals surface area contributed by atoms with Crippen molar-refractivity contribution in [2.24, 2.45) is 35.5 Å². The number of amides is 1. The molecule has 0 aromatic rings. The Balaban J connectivity index is 1.76. The number of ketones is 2. The summed E-state index contributed by atoms with van der Waals surface area (Å²) in [5, 5.41) is 34.1. The molecule has 318 valence electrons. The number of hydrogen-bond acceptors (Lipinski definition) is 11. The molecule has 2 bridgehead atoms. The zero-order chi connectivity index (χ0) is 41.5. The topological polar surface area (TPSA) is 169 Å². The first-order chi connectivity index (χ1) is 26.5. The SMILES string of the molecule is CC[C@H]1C[C@@H](C)[C@@]2(O)O[C@@H]1[C@@H](OC)C[C@@H](C)C/C(C)=C/[C@@H](CC)C(=O)C[C@H](O)[C@@H](C)[C@@H](/C(C)=C/[C@@H]1CC[C@@H](O)[C@H](OC)C1)OC(=O)C1CCCCN1C(=O)C2=O. The lowest BCUT2D eigenvalue weighted by Gasteiger charge is -2.47. The molecule has 14 atom stereocenters. The first-order valence-corrected chi connectivity index (χ1v) is 21.2. The third kappa shape index (κ3) is 10.8. The van der Waals surface area contributed by atoms with Crippen LogP contribution in [0, 0.1) is 35.5 Å². The molecule has 12 nitrogen and oxygen atoms in total. The van der Waals surface area contributed by atoms with Gasteiger partial charge < -0.3 is 39.2 Å². The molecule has 2 saturated heterocycles. The Labute approximate surface area is 334 Å². The van der Waals surface area contributed by atoms with Crippen molar-refractivity contribution in [1.29, 1.82) is 0 Å². The van der Waals surface area contributed by atoms with Gasteiger partial charge in [0.15, 0.2) is 0 Å². The van der Waals surface area contributed by atoms with Gasteiger partial charge in [-0.25, -0.2) is 4.79 Å². The number of ether oxygens (including phenoxy) is 4. The van der Waals surface area contributed by atoms with Gasteiger partial charge in [-0.15, -0.1) is 0 Å². The van der Waals surface area contributed by atoms with Crippen LogP contribution in [0.4, 0.5) is 0 Å². The van der Waals surface area contributed by atoms with E-state index >= 15 is 0 Å². The normalized spacial score (nSPS) is 41.6. The first kappa shape index (κ1) is 46.2. The number of fused-ring (bicyclic) bond motifs is 3. The van der Waals surface area contributed by atoms with Crippen LogP contribution in [0.15, 0.2) is 23.3 Å². The molecule has 3 aliphatic heterocycles. The fraction of sp³-hybridized carbons (Fsp3) is 0.818. The molecule has 3 heterocycles. The number of aliphatic hydroxyl groups is 3. The molecule has 0 radical (unpaired) electrons. The van der Waals surface area contributed by atoms with Crippen molar-refractivity contribution in [1.82, 2.24) is 4.90 Å². The van der Waals surface area contributed by atoms with Crippen LogP contribution in [0.2, 0.25) is 0 Å². The van der Waals surface area contributed by atoms with Crippen molar-refractivity contribution in [3.05, 3.63) is 23.3 Å². The molecular weight excluding hydrogens is 718 g/mol. The van der Waals surface area contributed by atoms with E-state index in [1.54, 1.807) is 28.1 Å². The molecule has 0 aromatic heterocycles. The van der Waals surface area contributed by atoms with Gasteiger partial charge in [0.2, 0.25) is 5.79 Å². The Bertz CT molecular complexity index is 1430. The van der Waals surface area contributed by atoms with Gasteiger partial charge in [-0.3, -0.25) is 14.4 Å². The quantitative estimate of drug-likeness (QED) is 0.177. The van der Waals surface area contributed by atoms with Crippen molar-refractivity contribution in [3.8, 4) is 0 Å². The van der Waals surface area contributed by atoms with E-state index in [2.05, 4.69) is 6.92 Å². The van der Waals surface area contributed by atoms with E-state index in [1.165, 1.54) is 4.90 Å². The fourth-order valence-corrected chi connectivity index (χ4v) is 9.75. The van der Waals surface area contributed by atoms with Gasteiger partial charge in [0.1, 0.15) is 17.9 Å². The van der Waals surface area contributed by atoms with Crippen LogP contribution < -0.4 is 0 Å². The lowest BCUT2D eigenvalue weighted by molar-refractivity contribution is -0.292. The van der Waals surface area contributed by atoms with Gasteiger partial charge in [-0.1, -0.05) is 58.8 Å². The lowest BCUT2D eigenvalue weighted by atomic mass is 9.76. The minimum absolute atomic E-state index is 0.00980. The van der Waals surface area contributed by atoms with Crippen molar-refractivity contribution in [3.63, 3.8) is 0 Å². The molecule has 1 amide bonds. The highest BCUT2D eigenvalue weighted by Gasteiger charge is 2.56. The summed E-state index contributed by atoms with van der Waals surface area (Å²) in [6.45, 7) is 13.5. The fourth-order valence-electron chi connectivity index (χ4n) is 9.75. The highest BCUT2D eigenvalue weighted by Crippen LogP contribution is 2.42. The number of rotatable bonds is 6. The molecule has 3 N–H and O–H groups in total. The van der Waals surface area contributed by atoms with Crippen molar-refractivity contribution in [2.45, 2.75) is 174 Å². The molecule has 4 aliphatic rings. The monoisotopic (exact) mass is 790 g/mol.